The zero-order valence-electron chi connectivity index (χ0n) is 12.0. The molecule has 0 spiro atoms. The third-order valence-electron chi connectivity index (χ3n) is 2.13. The number of hydrogen-bond acceptors (Lipinski definition) is 4. The first-order chi connectivity index (χ1) is 10.4. The number of halogens is 4. The maximum atomic E-state index is 13.9. The van der Waals surface area contributed by atoms with Gasteiger partial charge in [0.1, 0.15) is 19.0 Å². The predicted octanol–water partition coefficient (Wildman–Crippen LogP) is 4.70. The topological polar surface area (TPSA) is 40.0 Å². The Kier molecular flexibility index (Phi) is 7.98. The fraction of sp³-hybridized carbons (Fsp3) is 0.357. The maximum Gasteiger partial charge on any atom is 0.188 e. The molecule has 1 rings (SSSR count). The molecule has 0 atom stereocenters. The fourth-order valence-corrected chi connectivity index (χ4v) is 1.63. The average Bonchev–Trinajstić information content (AvgIpc) is 2.40. The van der Waals surface area contributed by atoms with Crippen LogP contribution in [0.15, 0.2) is 28.7 Å². The minimum Gasteiger partial charge on any atom is -0.489 e. The minimum absolute atomic E-state index is 0.0282. The van der Waals surface area contributed by atoms with Crippen molar-refractivity contribution in [3.8, 4) is 11.5 Å². The molecule has 0 bridgehead atoms. The molecular formula is C14H15Cl2F2NO3. The standard InChI is InChI=1S/C14H15Cl2F2NO3/c1-9(2)19-22-6-5-21-14-11(15)7-10(8-12(14)17)20-4-3-13(16)18/h3,7-8H,4-6H2,1-2H3/b13-3-. The van der Waals surface area contributed by atoms with Crippen LogP contribution >= 0.6 is 23.2 Å². The van der Waals surface area contributed by atoms with Gasteiger partial charge in [0.05, 0.1) is 10.7 Å². The Morgan fingerprint density at radius 1 is 1.27 bits per heavy atom. The molecule has 22 heavy (non-hydrogen) atoms. The molecule has 0 aliphatic carbocycles. The van der Waals surface area contributed by atoms with E-state index in [9.17, 15) is 8.78 Å². The number of nitrogens with zero attached hydrogens (tertiary/aromatic N) is 1. The Labute approximate surface area is 137 Å². The van der Waals surface area contributed by atoms with Gasteiger partial charge in [0, 0.05) is 18.2 Å². The van der Waals surface area contributed by atoms with E-state index in [0.29, 0.717) is 0 Å². The smallest absolute Gasteiger partial charge is 0.188 e. The Balaban J connectivity index is 2.58. The summed E-state index contributed by atoms with van der Waals surface area (Å²) >= 11 is 10.9. The van der Waals surface area contributed by atoms with Gasteiger partial charge < -0.3 is 14.3 Å². The lowest BCUT2D eigenvalue weighted by Crippen LogP contribution is -2.06. The van der Waals surface area contributed by atoms with Crippen molar-refractivity contribution < 1.29 is 23.1 Å². The molecule has 1 aromatic carbocycles. The molecule has 8 heteroatoms. The van der Waals surface area contributed by atoms with E-state index in [-0.39, 0.29) is 36.3 Å². The fourth-order valence-electron chi connectivity index (χ4n) is 1.31. The van der Waals surface area contributed by atoms with Crippen LogP contribution in [-0.4, -0.2) is 25.5 Å². The van der Waals surface area contributed by atoms with E-state index in [1.54, 1.807) is 13.8 Å². The molecule has 0 unspecified atom stereocenters. The summed E-state index contributed by atoms with van der Waals surface area (Å²) in [6, 6.07) is 2.44. The van der Waals surface area contributed by atoms with Crippen LogP contribution in [0.5, 0.6) is 11.5 Å². The van der Waals surface area contributed by atoms with Crippen molar-refractivity contribution >= 4 is 28.9 Å². The van der Waals surface area contributed by atoms with E-state index in [2.05, 4.69) is 5.16 Å². The second kappa shape index (κ2) is 9.48. The highest BCUT2D eigenvalue weighted by Gasteiger charge is 2.12. The lowest BCUT2D eigenvalue weighted by Gasteiger charge is -2.11. The molecule has 4 nitrogen and oxygen atoms in total. The Morgan fingerprint density at radius 3 is 2.59 bits per heavy atom. The zero-order valence-corrected chi connectivity index (χ0v) is 13.5. The predicted molar refractivity (Wildman–Crippen MR) is 82.2 cm³/mol. The van der Waals surface area contributed by atoms with E-state index < -0.39 is 11.1 Å². The minimum atomic E-state index is -0.906. The molecule has 0 aliphatic heterocycles. The lowest BCUT2D eigenvalue weighted by atomic mass is 10.3. The van der Waals surface area contributed by atoms with Crippen LogP contribution in [-0.2, 0) is 4.84 Å². The molecule has 0 amide bonds. The normalized spacial score (nSPS) is 11.1. The maximum absolute atomic E-state index is 13.9. The van der Waals surface area contributed by atoms with Crippen LogP contribution in [0.3, 0.4) is 0 Å². The van der Waals surface area contributed by atoms with Gasteiger partial charge in [0.2, 0.25) is 0 Å². The third-order valence-corrected chi connectivity index (χ3v) is 2.56. The summed E-state index contributed by atoms with van der Waals surface area (Å²) in [6.45, 7) is 3.64. The van der Waals surface area contributed by atoms with Crippen molar-refractivity contribution in [1.29, 1.82) is 0 Å². The first kappa shape index (κ1) is 18.5. The van der Waals surface area contributed by atoms with Crippen LogP contribution in [0.2, 0.25) is 5.02 Å². The van der Waals surface area contributed by atoms with Gasteiger partial charge in [-0.3, -0.25) is 0 Å². The number of benzene rings is 1. The summed E-state index contributed by atoms with van der Waals surface area (Å²) in [5.74, 6) is -0.687. The van der Waals surface area contributed by atoms with Crippen LogP contribution in [0.1, 0.15) is 13.8 Å². The van der Waals surface area contributed by atoms with Crippen molar-refractivity contribution in [2.75, 3.05) is 19.8 Å². The SMILES string of the molecule is CC(C)=NOCCOc1c(F)cc(OC/C=C(\F)Cl)cc1Cl. The number of hydrogen-bond donors (Lipinski definition) is 0. The van der Waals surface area contributed by atoms with Gasteiger partial charge in [-0.1, -0.05) is 28.4 Å². The number of oxime groups is 1. The summed E-state index contributed by atoms with van der Waals surface area (Å²) in [4.78, 5) is 4.91. The van der Waals surface area contributed by atoms with E-state index in [0.717, 1.165) is 17.9 Å². The van der Waals surface area contributed by atoms with Crippen molar-refractivity contribution in [2.45, 2.75) is 13.8 Å². The van der Waals surface area contributed by atoms with Gasteiger partial charge in [-0.2, -0.15) is 4.39 Å². The summed E-state index contributed by atoms with van der Waals surface area (Å²) in [7, 11) is 0. The van der Waals surface area contributed by atoms with Gasteiger partial charge in [-0.05, 0) is 13.8 Å². The molecule has 0 saturated heterocycles. The lowest BCUT2D eigenvalue weighted by molar-refractivity contribution is 0.105. The highest BCUT2D eigenvalue weighted by atomic mass is 35.5. The molecule has 122 valence electrons. The molecular weight excluding hydrogens is 339 g/mol. The van der Waals surface area contributed by atoms with Crippen LogP contribution in [0, 0.1) is 5.82 Å². The Morgan fingerprint density at radius 2 is 2.00 bits per heavy atom. The molecule has 0 heterocycles. The van der Waals surface area contributed by atoms with Crippen molar-refractivity contribution in [3.05, 3.63) is 34.3 Å². The molecule has 1 aromatic rings. The molecule has 0 aromatic heterocycles. The second-order valence-electron chi connectivity index (χ2n) is 4.24. The summed E-state index contributed by atoms with van der Waals surface area (Å²) in [5, 5.41) is 2.83. The van der Waals surface area contributed by atoms with Crippen molar-refractivity contribution in [2.24, 2.45) is 5.16 Å². The first-order valence-electron chi connectivity index (χ1n) is 6.29. The van der Waals surface area contributed by atoms with Gasteiger partial charge >= 0.3 is 0 Å². The van der Waals surface area contributed by atoms with Crippen molar-refractivity contribution in [1.82, 2.24) is 0 Å². The molecule has 0 N–H and O–H groups in total. The Hall–Kier alpha value is -1.53. The van der Waals surface area contributed by atoms with E-state index in [1.165, 1.54) is 6.07 Å². The van der Waals surface area contributed by atoms with Crippen molar-refractivity contribution in [3.63, 3.8) is 0 Å². The quantitative estimate of drug-likeness (QED) is 0.386. The second-order valence-corrected chi connectivity index (χ2v) is 5.01. The van der Waals surface area contributed by atoms with Gasteiger partial charge in [-0.25, -0.2) is 4.39 Å². The molecule has 0 aliphatic rings. The largest absolute Gasteiger partial charge is 0.489 e. The van der Waals surface area contributed by atoms with Gasteiger partial charge in [-0.15, -0.1) is 0 Å². The highest BCUT2D eigenvalue weighted by Crippen LogP contribution is 2.32. The van der Waals surface area contributed by atoms with Crippen LogP contribution < -0.4 is 9.47 Å². The van der Waals surface area contributed by atoms with Crippen LogP contribution in [0.25, 0.3) is 0 Å². The zero-order chi connectivity index (χ0) is 16.5. The Bertz CT molecular complexity index is 534. The molecule has 0 radical (unpaired) electrons. The number of rotatable bonds is 8. The first-order valence-corrected chi connectivity index (χ1v) is 7.04. The van der Waals surface area contributed by atoms with E-state index in [4.69, 9.17) is 37.5 Å². The highest BCUT2D eigenvalue weighted by molar-refractivity contribution is 6.32. The molecule has 0 saturated carbocycles. The van der Waals surface area contributed by atoms with Crippen LogP contribution in [0.4, 0.5) is 8.78 Å². The number of ether oxygens (including phenoxy) is 2. The summed E-state index contributed by atoms with van der Waals surface area (Å²) in [5.41, 5.74) is 0.758. The third kappa shape index (κ3) is 6.95. The molecule has 0 fully saturated rings. The van der Waals surface area contributed by atoms with E-state index >= 15 is 0 Å². The summed E-state index contributed by atoms with van der Waals surface area (Å²) < 4.78 is 36.4. The van der Waals surface area contributed by atoms with Gasteiger partial charge in [0.15, 0.2) is 23.5 Å². The monoisotopic (exact) mass is 353 g/mol. The average molecular weight is 354 g/mol. The van der Waals surface area contributed by atoms with Gasteiger partial charge in [0.25, 0.3) is 0 Å². The van der Waals surface area contributed by atoms with E-state index in [1.807, 2.05) is 0 Å². The summed E-state index contributed by atoms with van der Waals surface area (Å²) in [6.07, 6.45) is 0.991.